The molecule has 2 heterocycles. The van der Waals surface area contributed by atoms with Crippen LogP contribution < -0.4 is 4.90 Å². The molecule has 1 aliphatic rings. The summed E-state index contributed by atoms with van der Waals surface area (Å²) in [5, 5.41) is 0. The molecule has 4 heteroatoms. The monoisotopic (exact) mass is 253 g/mol. The summed E-state index contributed by atoms with van der Waals surface area (Å²) in [7, 11) is 0. The quantitative estimate of drug-likeness (QED) is 0.769. The van der Waals surface area contributed by atoms with E-state index in [0.29, 0.717) is 0 Å². The number of anilines is 1. The molecular formula is C9H12BrN3. The Morgan fingerprint density at radius 1 is 1.62 bits per heavy atom. The smallest absolute Gasteiger partial charge is 0.146 e. The third kappa shape index (κ3) is 1.68. The van der Waals surface area contributed by atoms with Crippen LogP contribution in [0.2, 0.25) is 0 Å². The predicted octanol–water partition coefficient (Wildman–Crippen LogP) is 2.15. The van der Waals surface area contributed by atoms with Crippen LogP contribution in [0.5, 0.6) is 0 Å². The van der Waals surface area contributed by atoms with Crippen molar-refractivity contribution >= 4 is 21.7 Å². The van der Waals surface area contributed by atoms with Gasteiger partial charge in [-0.2, -0.15) is 0 Å². The lowest BCUT2D eigenvalue weighted by Gasteiger charge is -2.17. The van der Waals surface area contributed by atoms with Gasteiger partial charge in [-0.3, -0.25) is 0 Å². The summed E-state index contributed by atoms with van der Waals surface area (Å²) in [6.07, 6.45) is -7.48. The van der Waals surface area contributed by atoms with E-state index in [0.717, 1.165) is 0 Å². The van der Waals surface area contributed by atoms with Gasteiger partial charge in [0.15, 0.2) is 0 Å². The molecule has 0 atom stereocenters. The van der Waals surface area contributed by atoms with E-state index in [1.807, 2.05) is 0 Å². The maximum absolute atomic E-state index is 7.94. The Morgan fingerprint density at radius 2 is 2.38 bits per heavy atom. The largest absolute Gasteiger partial charge is 0.356 e. The molecule has 0 spiro atoms. The van der Waals surface area contributed by atoms with E-state index in [-0.39, 0.29) is 4.90 Å². The van der Waals surface area contributed by atoms with Crippen LogP contribution in [0.25, 0.3) is 0 Å². The second-order valence-electron chi connectivity index (χ2n) is 2.12. The van der Waals surface area contributed by atoms with Crippen molar-refractivity contribution in [3.63, 3.8) is 0 Å². The summed E-state index contributed by atoms with van der Waals surface area (Å²) in [6.45, 7) is -9.33. The molecule has 0 N–H and O–H groups in total. The molecule has 0 aliphatic carbocycles. The van der Waals surface area contributed by atoms with Gasteiger partial charge in [-0.1, -0.05) is 0 Å². The van der Waals surface area contributed by atoms with E-state index in [1.54, 1.807) is 0 Å². The van der Waals surface area contributed by atoms with Crippen LogP contribution in [-0.4, -0.2) is 23.0 Å². The van der Waals surface area contributed by atoms with Crippen LogP contribution >= 0.6 is 15.9 Å². The van der Waals surface area contributed by atoms with Crippen molar-refractivity contribution in [3.05, 3.63) is 16.5 Å². The number of aryl methyl sites for hydroxylation is 1. The summed E-state index contributed by atoms with van der Waals surface area (Å²) >= 11 is 2.85. The summed E-state index contributed by atoms with van der Waals surface area (Å²) in [6, 6.07) is 0. The number of nitrogens with zero attached hydrogens (tertiary/aromatic N) is 3. The molecular weight excluding hydrogens is 230 g/mol. The molecule has 0 bridgehead atoms. The van der Waals surface area contributed by atoms with E-state index in [9.17, 15) is 0 Å². The summed E-state index contributed by atoms with van der Waals surface area (Å²) in [5.41, 5.74) is -0.692. The number of halogens is 1. The maximum Gasteiger partial charge on any atom is 0.146 e. The van der Waals surface area contributed by atoms with Crippen LogP contribution in [0.15, 0.2) is 10.8 Å². The highest BCUT2D eigenvalue weighted by molar-refractivity contribution is 9.10. The fourth-order valence-corrected chi connectivity index (χ4v) is 1.13. The second-order valence-corrected chi connectivity index (χ2v) is 2.91. The van der Waals surface area contributed by atoms with Crippen LogP contribution in [0.3, 0.4) is 0 Å². The molecule has 0 radical (unpaired) electrons. The number of aromatic nitrogens is 2. The zero-order valence-electron chi connectivity index (χ0n) is 18.2. The molecule has 1 aromatic heterocycles. The topological polar surface area (TPSA) is 29.0 Å². The van der Waals surface area contributed by atoms with Gasteiger partial charge in [0.2, 0.25) is 0 Å². The minimum Gasteiger partial charge on any atom is -0.356 e. The van der Waals surface area contributed by atoms with E-state index in [1.165, 1.54) is 0 Å². The Balaban J connectivity index is 2.85. The van der Waals surface area contributed by atoms with Gasteiger partial charge < -0.3 is 4.90 Å². The first-order valence-corrected chi connectivity index (χ1v) is 4.05. The molecule has 3 nitrogen and oxygen atoms in total. The number of hydrogen-bond acceptors (Lipinski definition) is 3. The summed E-state index contributed by atoms with van der Waals surface area (Å²) in [5.74, 6) is -0.758. The molecule has 1 saturated heterocycles. The molecule has 1 aliphatic heterocycles. The molecule has 0 saturated carbocycles. The van der Waals surface area contributed by atoms with Crippen molar-refractivity contribution in [2.75, 3.05) is 17.9 Å². The fraction of sp³-hybridized carbons (Fsp3) is 0.556. The van der Waals surface area contributed by atoms with Crippen molar-refractivity contribution in [3.8, 4) is 0 Å². The first-order chi connectivity index (χ1) is 10.9. The van der Waals surface area contributed by atoms with Gasteiger partial charge in [-0.15, -0.1) is 0 Å². The Morgan fingerprint density at radius 3 is 3.08 bits per heavy atom. The van der Waals surface area contributed by atoms with Crippen molar-refractivity contribution in [2.45, 2.75) is 19.6 Å². The van der Waals surface area contributed by atoms with Gasteiger partial charge in [-0.25, -0.2) is 9.97 Å². The first kappa shape index (κ1) is 2.48. The van der Waals surface area contributed by atoms with Gasteiger partial charge in [0.25, 0.3) is 0 Å². The summed E-state index contributed by atoms with van der Waals surface area (Å²) in [4.78, 5) is 7.04. The second kappa shape index (κ2) is 3.62. The predicted molar refractivity (Wildman–Crippen MR) is 55.9 cm³/mol. The molecule has 13 heavy (non-hydrogen) atoms. The van der Waals surface area contributed by atoms with E-state index < -0.39 is 54.9 Å². The minimum absolute atomic E-state index is 0.0824. The number of rotatable bonds is 1. The van der Waals surface area contributed by atoms with Crippen LogP contribution in [0.4, 0.5) is 5.82 Å². The molecule has 2 rings (SSSR count). The molecule has 70 valence electrons. The standard InChI is InChI=1S/C9H12BrN3/c1-7-8(10)9(12-6-11-7)13-4-2-3-5-13/h6H,2-5H2,1H3/i1D3,2D2,3D2,4D2,5D2,6D. The van der Waals surface area contributed by atoms with E-state index in [2.05, 4.69) is 25.9 Å². The highest BCUT2D eigenvalue weighted by Gasteiger charge is 2.17. The lowest BCUT2D eigenvalue weighted by molar-refractivity contribution is 0.912. The van der Waals surface area contributed by atoms with Crippen LogP contribution in [-0.2, 0) is 0 Å². The lowest BCUT2D eigenvalue weighted by atomic mass is 10.4. The van der Waals surface area contributed by atoms with Gasteiger partial charge in [0.05, 0.1) is 10.2 Å². The van der Waals surface area contributed by atoms with Crippen molar-refractivity contribution in [1.29, 1.82) is 0 Å². The van der Waals surface area contributed by atoms with Crippen molar-refractivity contribution in [2.24, 2.45) is 0 Å². The maximum atomic E-state index is 7.94. The van der Waals surface area contributed by atoms with Gasteiger partial charge in [0.1, 0.15) is 13.5 Å². The highest BCUT2D eigenvalue weighted by atomic mass is 79.9. The summed E-state index contributed by atoms with van der Waals surface area (Å²) < 4.78 is 92.0. The molecule has 0 unspecified atom stereocenters. The van der Waals surface area contributed by atoms with E-state index in [4.69, 9.17) is 16.4 Å². The van der Waals surface area contributed by atoms with Crippen molar-refractivity contribution < 1.29 is 16.4 Å². The van der Waals surface area contributed by atoms with Gasteiger partial charge in [-0.05, 0) is 35.5 Å². The van der Waals surface area contributed by atoms with Gasteiger partial charge in [0, 0.05) is 28.1 Å². The Labute approximate surface area is 103 Å². The average molecular weight is 254 g/mol. The van der Waals surface area contributed by atoms with Gasteiger partial charge >= 0.3 is 0 Å². The van der Waals surface area contributed by atoms with Crippen LogP contribution in [0.1, 0.15) is 34.9 Å². The molecule has 1 aromatic rings. The lowest BCUT2D eigenvalue weighted by Crippen LogP contribution is -2.19. The third-order valence-corrected chi connectivity index (χ3v) is 2.06. The third-order valence-electron chi connectivity index (χ3n) is 1.33. The zero-order valence-corrected chi connectivity index (χ0v) is 7.81. The van der Waals surface area contributed by atoms with E-state index >= 15 is 0 Å². The first-order valence-electron chi connectivity index (χ1n) is 9.25. The molecule has 1 fully saturated rings. The Hall–Kier alpha value is -0.640. The van der Waals surface area contributed by atoms with Crippen LogP contribution in [0, 0.1) is 6.85 Å². The Bertz CT molecular complexity index is 689. The fourth-order valence-electron chi connectivity index (χ4n) is 0.776. The normalized spacial score (nSPS) is 46.7. The van der Waals surface area contributed by atoms with Crippen molar-refractivity contribution in [1.82, 2.24) is 9.97 Å². The molecule has 0 amide bonds. The molecule has 0 aromatic carbocycles. The average Bonchev–Trinajstić information content (AvgIpc) is 2.46. The zero-order chi connectivity index (χ0) is 19.8. The highest BCUT2D eigenvalue weighted by Crippen LogP contribution is 2.27. The SMILES string of the molecule is [2H]c1nc(N2C([2H])([2H])C([2H])([2H])C([2H])([2H])C2([2H])[2H])c(Br)c(C([2H])([2H])[2H])n1. The minimum atomic E-state index is -3.31. The Kier molecular flexibility index (Phi) is 0.690. The number of hydrogen-bond donors (Lipinski definition) is 0.